The molecule has 1 unspecified atom stereocenters. The van der Waals surface area contributed by atoms with Crippen molar-refractivity contribution in [2.24, 2.45) is 0 Å². The summed E-state index contributed by atoms with van der Waals surface area (Å²) < 4.78 is 27.1. The Hall–Kier alpha value is -3.36. The topological polar surface area (TPSA) is 108 Å². The molecule has 24 heavy (non-hydrogen) atoms. The molecule has 3 aromatic rings. The Labute approximate surface area is 133 Å². The van der Waals surface area contributed by atoms with Crippen LogP contribution in [-0.4, -0.2) is 32.4 Å². The van der Waals surface area contributed by atoms with Crippen molar-refractivity contribution in [1.29, 1.82) is 0 Å². The zero-order chi connectivity index (χ0) is 17.3. The van der Waals surface area contributed by atoms with Gasteiger partial charge in [0.1, 0.15) is 22.7 Å². The van der Waals surface area contributed by atoms with Crippen LogP contribution in [0.3, 0.4) is 0 Å². The average Bonchev–Trinajstić information content (AvgIpc) is 3.02. The van der Waals surface area contributed by atoms with E-state index in [0.717, 1.165) is 18.2 Å². The van der Waals surface area contributed by atoms with Gasteiger partial charge in [-0.05, 0) is 36.4 Å². The highest BCUT2D eigenvalue weighted by Crippen LogP contribution is 2.20. The number of hydrogen-bond donors (Lipinski definition) is 3. The molecule has 1 amide bonds. The molecule has 0 aliphatic rings. The molecule has 3 rings (SSSR count). The van der Waals surface area contributed by atoms with Gasteiger partial charge in [-0.1, -0.05) is 0 Å². The second-order valence-corrected chi connectivity index (χ2v) is 4.94. The van der Waals surface area contributed by atoms with Crippen LogP contribution in [-0.2, 0) is 4.79 Å². The number of halogens is 2. The number of aromatic nitrogens is 3. The summed E-state index contributed by atoms with van der Waals surface area (Å²) in [4.78, 5) is 23.6. The number of amides is 1. The monoisotopic (exact) mass is 332 g/mol. The van der Waals surface area contributed by atoms with E-state index in [2.05, 4.69) is 20.7 Å². The molecule has 7 nitrogen and oxygen atoms in total. The summed E-state index contributed by atoms with van der Waals surface area (Å²) in [7, 11) is 0. The molecule has 0 saturated heterocycles. The summed E-state index contributed by atoms with van der Waals surface area (Å²) >= 11 is 0. The van der Waals surface area contributed by atoms with Gasteiger partial charge in [0, 0.05) is 11.1 Å². The van der Waals surface area contributed by atoms with E-state index < -0.39 is 35.1 Å². The zero-order valence-corrected chi connectivity index (χ0v) is 12.0. The highest BCUT2D eigenvalue weighted by molar-refractivity contribution is 5.99. The molecule has 0 bridgehead atoms. The Kier molecular flexibility index (Phi) is 3.90. The van der Waals surface area contributed by atoms with Crippen LogP contribution >= 0.6 is 0 Å². The van der Waals surface area contributed by atoms with Gasteiger partial charge in [0.2, 0.25) is 0 Å². The number of aromatic amines is 1. The molecule has 9 heteroatoms. The van der Waals surface area contributed by atoms with Gasteiger partial charge in [0.05, 0.1) is 0 Å². The Balaban J connectivity index is 1.91. The average molecular weight is 332 g/mol. The van der Waals surface area contributed by atoms with Crippen molar-refractivity contribution in [2.45, 2.75) is 6.04 Å². The van der Waals surface area contributed by atoms with Gasteiger partial charge < -0.3 is 10.4 Å². The molecule has 1 heterocycles. The number of rotatable bonds is 4. The highest BCUT2D eigenvalue weighted by atomic mass is 19.1. The first kappa shape index (κ1) is 15.5. The maximum atomic E-state index is 13.8. The predicted molar refractivity (Wildman–Crippen MR) is 78.1 cm³/mol. The van der Waals surface area contributed by atoms with Crippen LogP contribution in [0.4, 0.5) is 8.78 Å². The summed E-state index contributed by atoms with van der Waals surface area (Å²) in [5.41, 5.74) is 0.571. The fourth-order valence-electron chi connectivity index (χ4n) is 2.20. The smallest absolute Gasteiger partial charge is 0.331 e. The maximum absolute atomic E-state index is 13.8. The summed E-state index contributed by atoms with van der Waals surface area (Å²) in [6.07, 6.45) is 0. The van der Waals surface area contributed by atoms with Crippen molar-refractivity contribution >= 4 is 22.9 Å². The number of nitrogens with one attached hydrogen (secondary N) is 2. The molecule has 122 valence electrons. The van der Waals surface area contributed by atoms with Crippen LogP contribution in [0.25, 0.3) is 11.0 Å². The molecule has 0 aliphatic carbocycles. The third-order valence-electron chi connectivity index (χ3n) is 3.37. The summed E-state index contributed by atoms with van der Waals surface area (Å²) in [6.45, 7) is 0. The van der Waals surface area contributed by atoms with E-state index in [-0.39, 0.29) is 5.56 Å². The number of H-pyrrole nitrogens is 1. The molecule has 0 aliphatic heterocycles. The number of nitrogens with zero attached hydrogens (tertiary/aromatic N) is 2. The fraction of sp³-hybridized carbons (Fsp3) is 0.0667. The lowest BCUT2D eigenvalue weighted by atomic mass is 10.1. The predicted octanol–water partition coefficient (Wildman–Crippen LogP) is 1.79. The maximum Gasteiger partial charge on any atom is 0.331 e. The van der Waals surface area contributed by atoms with Crippen molar-refractivity contribution < 1.29 is 23.5 Å². The van der Waals surface area contributed by atoms with E-state index in [0.29, 0.717) is 11.0 Å². The SMILES string of the molecule is O=C(NC(C(=O)O)c1cc(F)ccc1F)c1ccc2n[nH]nc2c1. The molecule has 3 N–H and O–H groups in total. The zero-order valence-electron chi connectivity index (χ0n) is 12.0. The van der Waals surface area contributed by atoms with Crippen LogP contribution in [0.1, 0.15) is 22.0 Å². The lowest BCUT2D eigenvalue weighted by molar-refractivity contribution is -0.139. The van der Waals surface area contributed by atoms with E-state index in [1.165, 1.54) is 18.2 Å². The molecule has 1 aromatic heterocycles. The number of carbonyl (C=O) groups excluding carboxylic acids is 1. The second-order valence-electron chi connectivity index (χ2n) is 4.94. The van der Waals surface area contributed by atoms with Crippen molar-refractivity contribution in [3.63, 3.8) is 0 Å². The number of benzene rings is 2. The van der Waals surface area contributed by atoms with Gasteiger partial charge in [0.25, 0.3) is 5.91 Å². The van der Waals surface area contributed by atoms with Crippen molar-refractivity contribution in [2.75, 3.05) is 0 Å². The van der Waals surface area contributed by atoms with Crippen LogP contribution in [0.15, 0.2) is 36.4 Å². The molecular weight excluding hydrogens is 322 g/mol. The Bertz CT molecular complexity index is 941. The molecule has 1 atom stereocenters. The molecule has 2 aromatic carbocycles. The summed E-state index contributed by atoms with van der Waals surface area (Å²) in [6, 6.07) is 4.99. The first-order chi connectivity index (χ1) is 11.5. The van der Waals surface area contributed by atoms with Crippen LogP contribution in [0.5, 0.6) is 0 Å². The number of carbonyl (C=O) groups is 2. The standard InChI is InChI=1S/C15H10F2N4O3/c16-8-2-3-10(17)9(6-8)13(15(23)24)18-14(22)7-1-4-11-12(5-7)20-21-19-11/h1-6,13H,(H,18,22)(H,23,24)(H,19,20,21). The molecule has 0 saturated carbocycles. The first-order valence-electron chi connectivity index (χ1n) is 6.75. The first-order valence-corrected chi connectivity index (χ1v) is 6.75. The van der Waals surface area contributed by atoms with Crippen molar-refractivity contribution in [3.05, 3.63) is 59.2 Å². The summed E-state index contributed by atoms with van der Waals surface area (Å²) in [5.74, 6) is -4.03. The van der Waals surface area contributed by atoms with E-state index in [4.69, 9.17) is 0 Å². The van der Waals surface area contributed by atoms with Crippen molar-refractivity contribution in [3.8, 4) is 0 Å². The number of carboxylic acids is 1. The minimum atomic E-state index is -1.73. The minimum Gasteiger partial charge on any atom is -0.479 e. The highest BCUT2D eigenvalue weighted by Gasteiger charge is 2.26. The van der Waals surface area contributed by atoms with Gasteiger partial charge in [-0.15, -0.1) is 0 Å². The normalized spacial score (nSPS) is 12.1. The van der Waals surface area contributed by atoms with Gasteiger partial charge in [-0.25, -0.2) is 13.6 Å². The van der Waals surface area contributed by atoms with E-state index in [1.54, 1.807) is 0 Å². The lowest BCUT2D eigenvalue weighted by Gasteiger charge is -2.15. The van der Waals surface area contributed by atoms with Gasteiger partial charge in [0.15, 0.2) is 6.04 Å². The quantitative estimate of drug-likeness (QED) is 0.675. The Morgan fingerprint density at radius 2 is 1.83 bits per heavy atom. The minimum absolute atomic E-state index is 0.111. The Morgan fingerprint density at radius 3 is 2.58 bits per heavy atom. The summed E-state index contributed by atoms with van der Waals surface area (Å²) in [5, 5.41) is 21.4. The van der Waals surface area contributed by atoms with Gasteiger partial charge in [-0.3, -0.25) is 4.79 Å². The van der Waals surface area contributed by atoms with E-state index in [1.807, 2.05) is 0 Å². The fourth-order valence-corrected chi connectivity index (χ4v) is 2.20. The van der Waals surface area contributed by atoms with E-state index in [9.17, 15) is 23.5 Å². The number of carboxylic acid groups (broad SMARTS) is 1. The Morgan fingerprint density at radius 1 is 1.08 bits per heavy atom. The van der Waals surface area contributed by atoms with Crippen molar-refractivity contribution in [1.82, 2.24) is 20.7 Å². The van der Waals surface area contributed by atoms with Gasteiger partial charge >= 0.3 is 5.97 Å². The van der Waals surface area contributed by atoms with Crippen LogP contribution < -0.4 is 5.32 Å². The molecular formula is C15H10F2N4O3. The number of aliphatic carboxylic acids is 1. The lowest BCUT2D eigenvalue weighted by Crippen LogP contribution is -2.34. The molecule has 0 fully saturated rings. The number of hydrogen-bond acceptors (Lipinski definition) is 4. The van der Waals surface area contributed by atoms with E-state index >= 15 is 0 Å². The number of fused-ring (bicyclic) bond motifs is 1. The molecule has 0 radical (unpaired) electrons. The largest absolute Gasteiger partial charge is 0.479 e. The van der Waals surface area contributed by atoms with Crippen LogP contribution in [0.2, 0.25) is 0 Å². The third-order valence-corrected chi connectivity index (χ3v) is 3.37. The molecule has 0 spiro atoms. The van der Waals surface area contributed by atoms with Gasteiger partial charge in [-0.2, -0.15) is 15.4 Å². The van der Waals surface area contributed by atoms with Crippen LogP contribution in [0, 0.1) is 11.6 Å². The second kappa shape index (κ2) is 6.03. The third kappa shape index (κ3) is 2.91.